The second-order valence-electron chi connectivity index (χ2n) is 2.41. The van der Waals surface area contributed by atoms with Gasteiger partial charge in [0.1, 0.15) is 11.6 Å². The summed E-state index contributed by atoms with van der Waals surface area (Å²) < 4.78 is 0.867. The Balaban J connectivity index is 3.79. The van der Waals surface area contributed by atoms with Gasteiger partial charge in [-0.25, -0.2) is 4.79 Å². The van der Waals surface area contributed by atoms with Crippen LogP contribution in [0.15, 0.2) is 9.59 Å². The second-order valence-corrected chi connectivity index (χ2v) is 2.41. The highest BCUT2D eigenvalue weighted by atomic mass is 16.2. The molecule has 5 nitrogen and oxygen atoms in total. The first-order chi connectivity index (χ1) is 5.57. The van der Waals surface area contributed by atoms with Gasteiger partial charge in [-0.2, -0.15) is 5.26 Å². The van der Waals surface area contributed by atoms with E-state index in [-0.39, 0.29) is 5.56 Å². The van der Waals surface area contributed by atoms with Crippen LogP contribution in [0.5, 0.6) is 0 Å². The summed E-state index contributed by atoms with van der Waals surface area (Å²) in [4.78, 5) is 24.5. The summed E-state index contributed by atoms with van der Waals surface area (Å²) in [6.07, 6.45) is 0. The summed E-state index contributed by atoms with van der Waals surface area (Å²) in [6.45, 7) is 1.52. The fourth-order valence-electron chi connectivity index (χ4n) is 0.859. The van der Waals surface area contributed by atoms with E-state index in [4.69, 9.17) is 5.26 Å². The van der Waals surface area contributed by atoms with Crippen molar-refractivity contribution in [1.29, 1.82) is 5.26 Å². The number of hydrogen-bond acceptors (Lipinski definition) is 3. The number of aromatic nitrogens is 2. The van der Waals surface area contributed by atoms with Crippen LogP contribution in [0.1, 0.15) is 11.3 Å². The highest BCUT2D eigenvalue weighted by Gasteiger charge is 2.06. The Morgan fingerprint density at radius 3 is 2.58 bits per heavy atom. The molecule has 0 unspecified atom stereocenters. The van der Waals surface area contributed by atoms with E-state index in [9.17, 15) is 9.59 Å². The predicted octanol–water partition coefficient (Wildman–Crippen LogP) is -0.746. The lowest BCUT2D eigenvalue weighted by molar-refractivity contribution is 0.760. The van der Waals surface area contributed by atoms with Crippen LogP contribution in [0.2, 0.25) is 0 Å². The van der Waals surface area contributed by atoms with Crippen LogP contribution in [0, 0.1) is 18.3 Å². The molecule has 0 atom stereocenters. The molecule has 1 aromatic rings. The molecule has 0 spiro atoms. The van der Waals surface area contributed by atoms with Crippen LogP contribution in [0.4, 0.5) is 0 Å². The van der Waals surface area contributed by atoms with Gasteiger partial charge in [0.15, 0.2) is 0 Å². The molecule has 0 saturated carbocycles. The maximum Gasteiger partial charge on any atom is 0.328 e. The zero-order valence-corrected chi connectivity index (χ0v) is 6.71. The molecule has 1 aromatic heterocycles. The summed E-state index contributed by atoms with van der Waals surface area (Å²) in [5.41, 5.74) is -0.766. The van der Waals surface area contributed by atoms with Gasteiger partial charge in [0, 0.05) is 12.7 Å². The van der Waals surface area contributed by atoms with E-state index in [0.29, 0.717) is 5.69 Å². The van der Waals surface area contributed by atoms with E-state index in [2.05, 4.69) is 4.98 Å². The SMILES string of the molecule is Cc1[nH]c(=O)n(C)c(=O)c1C#N. The second kappa shape index (κ2) is 2.66. The first kappa shape index (κ1) is 8.27. The molecule has 12 heavy (non-hydrogen) atoms. The first-order valence-electron chi connectivity index (χ1n) is 3.28. The maximum absolute atomic E-state index is 11.2. The molecule has 0 bridgehead atoms. The molecule has 1 heterocycles. The summed E-state index contributed by atoms with van der Waals surface area (Å²) in [5, 5.41) is 8.53. The Bertz CT molecular complexity index is 461. The van der Waals surface area contributed by atoms with E-state index < -0.39 is 11.2 Å². The molecule has 0 aliphatic rings. The van der Waals surface area contributed by atoms with E-state index in [1.54, 1.807) is 6.07 Å². The van der Waals surface area contributed by atoms with Crippen molar-refractivity contribution in [3.05, 3.63) is 32.1 Å². The molecule has 1 N–H and O–H groups in total. The fourth-order valence-corrected chi connectivity index (χ4v) is 0.859. The van der Waals surface area contributed by atoms with Gasteiger partial charge in [-0.05, 0) is 6.92 Å². The van der Waals surface area contributed by atoms with Crippen LogP contribution in [0.25, 0.3) is 0 Å². The topological polar surface area (TPSA) is 78.7 Å². The molecular weight excluding hydrogens is 158 g/mol. The number of rotatable bonds is 0. The number of nitriles is 1. The molecule has 62 valence electrons. The van der Waals surface area contributed by atoms with E-state index >= 15 is 0 Å². The standard InChI is InChI=1S/C7H7N3O2/c1-4-5(3-8)6(11)10(2)7(12)9-4/h1-2H3,(H,9,12). The van der Waals surface area contributed by atoms with Crippen molar-refractivity contribution >= 4 is 0 Å². The maximum atomic E-state index is 11.2. The average molecular weight is 165 g/mol. The number of nitrogens with zero attached hydrogens (tertiary/aromatic N) is 2. The molecule has 0 amide bonds. The smallest absolute Gasteiger partial charge is 0.310 e. The minimum absolute atomic E-state index is 0.0166. The van der Waals surface area contributed by atoms with Crippen LogP contribution < -0.4 is 11.2 Å². The summed E-state index contributed by atoms with van der Waals surface area (Å²) >= 11 is 0. The van der Waals surface area contributed by atoms with Gasteiger partial charge < -0.3 is 4.98 Å². The van der Waals surface area contributed by atoms with Gasteiger partial charge >= 0.3 is 5.69 Å². The molecule has 0 aliphatic carbocycles. The lowest BCUT2D eigenvalue weighted by Gasteiger charge is -1.98. The summed E-state index contributed by atoms with van der Waals surface area (Å²) in [5.74, 6) is 0. The normalized spacial score (nSPS) is 9.42. The Kier molecular flexibility index (Phi) is 1.83. The van der Waals surface area contributed by atoms with Gasteiger partial charge in [0.05, 0.1) is 0 Å². The molecule has 0 saturated heterocycles. The van der Waals surface area contributed by atoms with Crippen molar-refractivity contribution < 1.29 is 0 Å². The lowest BCUT2D eigenvalue weighted by atomic mass is 10.3. The highest BCUT2D eigenvalue weighted by Crippen LogP contribution is 1.90. The van der Waals surface area contributed by atoms with Crippen molar-refractivity contribution in [2.24, 2.45) is 7.05 Å². The lowest BCUT2D eigenvalue weighted by Crippen LogP contribution is -2.35. The van der Waals surface area contributed by atoms with Crippen molar-refractivity contribution in [3.8, 4) is 6.07 Å². The third-order valence-corrected chi connectivity index (χ3v) is 1.60. The van der Waals surface area contributed by atoms with Gasteiger partial charge in [-0.3, -0.25) is 9.36 Å². The van der Waals surface area contributed by atoms with E-state index in [1.807, 2.05) is 0 Å². The van der Waals surface area contributed by atoms with Gasteiger partial charge in [-0.1, -0.05) is 0 Å². The summed E-state index contributed by atoms with van der Waals surface area (Å²) in [6, 6.07) is 1.73. The van der Waals surface area contributed by atoms with Crippen LogP contribution in [-0.2, 0) is 7.05 Å². The van der Waals surface area contributed by atoms with Crippen molar-refractivity contribution in [1.82, 2.24) is 9.55 Å². The number of H-pyrrole nitrogens is 1. The third-order valence-electron chi connectivity index (χ3n) is 1.60. The predicted molar refractivity (Wildman–Crippen MR) is 41.8 cm³/mol. The molecule has 0 fully saturated rings. The van der Waals surface area contributed by atoms with Gasteiger partial charge in [0.2, 0.25) is 0 Å². The monoisotopic (exact) mass is 165 g/mol. The molecule has 5 heteroatoms. The van der Waals surface area contributed by atoms with Crippen molar-refractivity contribution in [3.63, 3.8) is 0 Å². The third kappa shape index (κ3) is 1.03. The average Bonchev–Trinajstić information content (AvgIpc) is 2.01. The van der Waals surface area contributed by atoms with Crippen LogP contribution in [-0.4, -0.2) is 9.55 Å². The minimum atomic E-state index is -0.557. The number of aryl methyl sites for hydroxylation is 1. The molecule has 1 rings (SSSR count). The Hall–Kier alpha value is -1.83. The minimum Gasteiger partial charge on any atom is -0.310 e. The molecular formula is C7H7N3O2. The fraction of sp³-hybridized carbons (Fsp3) is 0.286. The van der Waals surface area contributed by atoms with Crippen molar-refractivity contribution in [2.75, 3.05) is 0 Å². The number of aromatic amines is 1. The van der Waals surface area contributed by atoms with Crippen molar-refractivity contribution in [2.45, 2.75) is 6.92 Å². The van der Waals surface area contributed by atoms with Crippen LogP contribution in [0.3, 0.4) is 0 Å². The Morgan fingerprint density at radius 2 is 2.08 bits per heavy atom. The first-order valence-corrected chi connectivity index (χ1v) is 3.28. The quantitative estimate of drug-likeness (QED) is 0.549. The zero-order valence-electron chi connectivity index (χ0n) is 6.71. The molecule has 0 aliphatic heterocycles. The number of hydrogen-bond donors (Lipinski definition) is 1. The zero-order chi connectivity index (χ0) is 9.30. The number of nitrogens with one attached hydrogen (secondary N) is 1. The van der Waals surface area contributed by atoms with Gasteiger partial charge in [0.25, 0.3) is 5.56 Å². The van der Waals surface area contributed by atoms with E-state index in [0.717, 1.165) is 4.57 Å². The summed E-state index contributed by atoms with van der Waals surface area (Å²) in [7, 11) is 1.32. The largest absolute Gasteiger partial charge is 0.328 e. The molecule has 0 radical (unpaired) electrons. The van der Waals surface area contributed by atoms with Crippen LogP contribution >= 0.6 is 0 Å². The molecule has 0 aromatic carbocycles. The Labute approximate surface area is 67.9 Å². The Morgan fingerprint density at radius 1 is 1.50 bits per heavy atom. The van der Waals surface area contributed by atoms with Gasteiger partial charge in [-0.15, -0.1) is 0 Å². The van der Waals surface area contributed by atoms with E-state index in [1.165, 1.54) is 14.0 Å². The highest BCUT2D eigenvalue weighted by molar-refractivity contribution is 5.29.